The van der Waals surface area contributed by atoms with E-state index in [1.54, 1.807) is 24.1 Å². The minimum Gasteiger partial charge on any atom is -0.494 e. The van der Waals surface area contributed by atoms with Crippen LogP contribution in [0.1, 0.15) is 23.2 Å². The van der Waals surface area contributed by atoms with Crippen LogP contribution in [0.5, 0.6) is 5.75 Å². The second-order valence-corrected chi connectivity index (χ2v) is 5.97. The Kier molecular flexibility index (Phi) is 4.45. The van der Waals surface area contributed by atoms with E-state index in [4.69, 9.17) is 9.84 Å². The highest BCUT2D eigenvalue weighted by Gasteiger charge is 2.40. The first-order valence-electron chi connectivity index (χ1n) is 7.88. The van der Waals surface area contributed by atoms with Crippen LogP contribution in [0.3, 0.4) is 0 Å². The lowest BCUT2D eigenvalue weighted by Gasteiger charge is -2.35. The van der Waals surface area contributed by atoms with Gasteiger partial charge < -0.3 is 19.8 Å². The molecule has 1 saturated heterocycles. The van der Waals surface area contributed by atoms with Crippen LogP contribution in [0.15, 0.2) is 36.7 Å². The third-order valence-corrected chi connectivity index (χ3v) is 4.44. The Morgan fingerprint density at radius 2 is 1.92 bits per heavy atom. The molecule has 2 aromatic rings. The van der Waals surface area contributed by atoms with Gasteiger partial charge in [0.2, 0.25) is 0 Å². The predicted molar refractivity (Wildman–Crippen MR) is 87.8 cm³/mol. The van der Waals surface area contributed by atoms with Gasteiger partial charge in [0, 0.05) is 32.1 Å². The zero-order chi connectivity index (χ0) is 18.0. The fraction of sp³-hybridized carbons (Fsp3) is 0.353. The molecule has 0 aliphatic carbocycles. The van der Waals surface area contributed by atoms with Crippen molar-refractivity contribution in [2.75, 3.05) is 20.2 Å². The lowest BCUT2D eigenvalue weighted by molar-refractivity contribution is -0.162. The summed E-state index contributed by atoms with van der Waals surface area (Å²) in [5.41, 5.74) is -0.645. The van der Waals surface area contributed by atoms with Gasteiger partial charge in [-0.25, -0.2) is 9.48 Å². The van der Waals surface area contributed by atoms with E-state index in [0.29, 0.717) is 17.0 Å². The molecule has 8 heteroatoms. The van der Waals surface area contributed by atoms with Crippen molar-refractivity contribution in [3.8, 4) is 11.4 Å². The fourth-order valence-corrected chi connectivity index (χ4v) is 2.86. The number of aliphatic carboxylic acids is 1. The number of piperidine rings is 1. The Morgan fingerprint density at radius 3 is 2.56 bits per heavy atom. The molecular formula is C17H19N3O5. The first-order chi connectivity index (χ1) is 11.9. The average molecular weight is 345 g/mol. The second kappa shape index (κ2) is 6.56. The molecule has 25 heavy (non-hydrogen) atoms. The topological polar surface area (TPSA) is 105 Å². The Balaban J connectivity index is 1.75. The van der Waals surface area contributed by atoms with Gasteiger partial charge in [-0.3, -0.25) is 4.79 Å². The molecule has 0 spiro atoms. The molecule has 8 nitrogen and oxygen atoms in total. The van der Waals surface area contributed by atoms with Crippen molar-refractivity contribution < 1.29 is 24.5 Å². The molecule has 132 valence electrons. The van der Waals surface area contributed by atoms with Gasteiger partial charge in [0.05, 0.1) is 18.9 Å². The molecule has 1 aromatic carbocycles. The number of hydrogen-bond donors (Lipinski definition) is 2. The third-order valence-electron chi connectivity index (χ3n) is 4.44. The summed E-state index contributed by atoms with van der Waals surface area (Å²) in [5, 5.41) is 23.2. The van der Waals surface area contributed by atoms with E-state index in [9.17, 15) is 14.7 Å². The number of aromatic nitrogens is 2. The number of carbonyl (C=O) groups is 2. The number of carbonyl (C=O) groups excluding carboxylic acids is 1. The highest BCUT2D eigenvalue weighted by molar-refractivity contribution is 5.94. The van der Waals surface area contributed by atoms with E-state index >= 15 is 0 Å². The number of likely N-dealkylation sites (tertiary alicyclic amines) is 1. The summed E-state index contributed by atoms with van der Waals surface area (Å²) >= 11 is 0. The smallest absolute Gasteiger partial charge is 0.335 e. The zero-order valence-corrected chi connectivity index (χ0v) is 13.8. The van der Waals surface area contributed by atoms with Gasteiger partial charge in [0.1, 0.15) is 11.4 Å². The lowest BCUT2D eigenvalue weighted by Crippen LogP contribution is -2.50. The van der Waals surface area contributed by atoms with Gasteiger partial charge in [0.25, 0.3) is 5.91 Å². The molecule has 1 aromatic heterocycles. The number of para-hydroxylation sites is 2. The number of benzene rings is 1. The molecule has 0 radical (unpaired) electrons. The number of aliphatic hydroxyl groups is 1. The summed E-state index contributed by atoms with van der Waals surface area (Å²) in [6, 6.07) is 7.32. The number of methoxy groups -OCH3 is 1. The Bertz CT molecular complexity index is 793. The molecule has 0 atom stereocenters. The van der Waals surface area contributed by atoms with Crippen LogP contribution in [0, 0.1) is 0 Å². The van der Waals surface area contributed by atoms with E-state index in [0.717, 1.165) is 0 Å². The van der Waals surface area contributed by atoms with Crippen LogP contribution in [0.25, 0.3) is 5.69 Å². The van der Waals surface area contributed by atoms with Crippen LogP contribution >= 0.6 is 0 Å². The summed E-state index contributed by atoms with van der Waals surface area (Å²) in [4.78, 5) is 25.2. The van der Waals surface area contributed by atoms with Crippen molar-refractivity contribution in [3.63, 3.8) is 0 Å². The molecule has 2 N–H and O–H groups in total. The van der Waals surface area contributed by atoms with Gasteiger partial charge in [-0.15, -0.1) is 0 Å². The maximum atomic E-state index is 12.6. The molecule has 0 saturated carbocycles. The predicted octanol–water partition coefficient (Wildman–Crippen LogP) is 0.933. The largest absolute Gasteiger partial charge is 0.494 e. The van der Waals surface area contributed by atoms with Gasteiger partial charge in [-0.1, -0.05) is 12.1 Å². The number of nitrogens with zero attached hydrogens (tertiary/aromatic N) is 3. The van der Waals surface area contributed by atoms with E-state index in [1.807, 2.05) is 18.2 Å². The van der Waals surface area contributed by atoms with Gasteiger partial charge in [0.15, 0.2) is 5.60 Å². The quantitative estimate of drug-likeness (QED) is 0.854. The number of carboxylic acids is 1. The normalized spacial score (nSPS) is 16.5. The summed E-state index contributed by atoms with van der Waals surface area (Å²) in [7, 11) is 1.56. The van der Waals surface area contributed by atoms with Gasteiger partial charge in [-0.05, 0) is 12.1 Å². The molecule has 2 heterocycles. The van der Waals surface area contributed by atoms with Crippen LogP contribution in [0.4, 0.5) is 0 Å². The highest BCUT2D eigenvalue weighted by Crippen LogP contribution is 2.25. The second-order valence-electron chi connectivity index (χ2n) is 5.97. The Morgan fingerprint density at radius 1 is 1.24 bits per heavy atom. The minimum absolute atomic E-state index is 0.00865. The van der Waals surface area contributed by atoms with E-state index in [2.05, 4.69) is 5.10 Å². The number of carboxylic acid groups (broad SMARTS) is 1. The molecule has 0 bridgehead atoms. The molecular weight excluding hydrogens is 326 g/mol. The Labute approximate surface area is 144 Å². The SMILES string of the molecule is COc1ccccc1-n1cc(C(=O)N2CCC(O)(C(=O)O)CC2)cn1. The monoisotopic (exact) mass is 345 g/mol. The van der Waals surface area contributed by atoms with Crippen LogP contribution in [-0.2, 0) is 4.79 Å². The number of rotatable bonds is 4. The van der Waals surface area contributed by atoms with E-state index in [1.165, 1.54) is 11.1 Å². The fourth-order valence-electron chi connectivity index (χ4n) is 2.86. The first kappa shape index (κ1) is 17.0. The standard InChI is InChI=1S/C17H19N3O5/c1-25-14-5-3-2-4-13(14)20-11-12(10-18-20)15(21)19-8-6-17(24,7-9-19)16(22)23/h2-5,10-11,24H,6-9H2,1H3,(H,22,23). The van der Waals surface area contributed by atoms with Crippen molar-refractivity contribution in [3.05, 3.63) is 42.2 Å². The van der Waals surface area contributed by atoms with Crippen molar-refractivity contribution in [1.82, 2.24) is 14.7 Å². The molecule has 1 fully saturated rings. The summed E-state index contributed by atoms with van der Waals surface area (Å²) in [6.45, 7) is 0.364. The van der Waals surface area contributed by atoms with Crippen LogP contribution in [0.2, 0.25) is 0 Å². The highest BCUT2D eigenvalue weighted by atomic mass is 16.5. The average Bonchev–Trinajstić information content (AvgIpc) is 3.11. The van der Waals surface area contributed by atoms with Crippen molar-refractivity contribution in [2.24, 2.45) is 0 Å². The minimum atomic E-state index is -1.75. The van der Waals surface area contributed by atoms with Crippen molar-refractivity contribution in [1.29, 1.82) is 0 Å². The van der Waals surface area contributed by atoms with E-state index in [-0.39, 0.29) is 31.8 Å². The van der Waals surface area contributed by atoms with Crippen molar-refractivity contribution in [2.45, 2.75) is 18.4 Å². The van der Waals surface area contributed by atoms with Gasteiger partial charge >= 0.3 is 5.97 Å². The summed E-state index contributed by atoms with van der Waals surface area (Å²) < 4.78 is 6.85. The zero-order valence-electron chi connectivity index (χ0n) is 13.8. The maximum Gasteiger partial charge on any atom is 0.335 e. The third kappa shape index (κ3) is 3.20. The summed E-state index contributed by atoms with van der Waals surface area (Å²) in [6.07, 6.45) is 3.09. The van der Waals surface area contributed by atoms with Crippen molar-refractivity contribution >= 4 is 11.9 Å². The molecule has 3 rings (SSSR count). The maximum absolute atomic E-state index is 12.6. The van der Waals surface area contributed by atoms with Crippen LogP contribution in [-0.4, -0.2) is 62.6 Å². The Hall–Kier alpha value is -2.87. The van der Waals surface area contributed by atoms with Crippen LogP contribution < -0.4 is 4.74 Å². The molecule has 1 amide bonds. The lowest BCUT2D eigenvalue weighted by atomic mass is 9.91. The number of ether oxygens (including phenoxy) is 1. The number of amides is 1. The summed E-state index contributed by atoms with van der Waals surface area (Å²) in [5.74, 6) is -0.855. The van der Waals surface area contributed by atoms with Gasteiger partial charge in [-0.2, -0.15) is 5.10 Å². The van der Waals surface area contributed by atoms with E-state index < -0.39 is 11.6 Å². The molecule has 1 aliphatic rings. The molecule has 1 aliphatic heterocycles. The first-order valence-corrected chi connectivity index (χ1v) is 7.88. The molecule has 0 unspecified atom stereocenters. The number of hydrogen-bond acceptors (Lipinski definition) is 5.